The minimum absolute atomic E-state index is 0.178. The maximum absolute atomic E-state index is 10.8. The highest BCUT2D eigenvalue weighted by Crippen LogP contribution is 2.20. The summed E-state index contributed by atoms with van der Waals surface area (Å²) in [5.41, 5.74) is 8.05. The number of primary amides is 1. The van der Waals surface area contributed by atoms with E-state index in [1.54, 1.807) is 6.20 Å². The maximum atomic E-state index is 10.8. The van der Waals surface area contributed by atoms with Crippen molar-refractivity contribution >= 4 is 11.7 Å². The first-order valence-corrected chi connectivity index (χ1v) is 6.87. The van der Waals surface area contributed by atoms with E-state index in [-0.39, 0.29) is 12.1 Å². The van der Waals surface area contributed by atoms with Gasteiger partial charge in [0.25, 0.3) is 0 Å². The summed E-state index contributed by atoms with van der Waals surface area (Å²) < 4.78 is 1.87. The van der Waals surface area contributed by atoms with Crippen LogP contribution >= 0.6 is 0 Å². The molecule has 1 heterocycles. The van der Waals surface area contributed by atoms with Gasteiger partial charge < -0.3 is 16.4 Å². The molecule has 0 aliphatic carbocycles. The molecule has 2 rings (SSSR count). The number of carbonyl (C=O) groups is 1. The normalized spacial score (nSPS) is 13.7. The van der Waals surface area contributed by atoms with Gasteiger partial charge in [0.1, 0.15) is 0 Å². The fourth-order valence-corrected chi connectivity index (χ4v) is 2.36. The highest BCUT2D eigenvalue weighted by Gasteiger charge is 2.13. The summed E-state index contributed by atoms with van der Waals surface area (Å²) in [4.78, 5) is 10.8. The van der Waals surface area contributed by atoms with E-state index in [9.17, 15) is 4.79 Å². The number of aromatic nitrogens is 2. The number of benzene rings is 1. The zero-order valence-electron chi connectivity index (χ0n) is 12.5. The van der Waals surface area contributed by atoms with E-state index >= 15 is 0 Å². The van der Waals surface area contributed by atoms with Crippen molar-refractivity contribution < 1.29 is 4.79 Å². The zero-order chi connectivity index (χ0) is 15.4. The Labute approximate surface area is 124 Å². The Morgan fingerprint density at radius 3 is 2.38 bits per heavy atom. The molecule has 1 aromatic heterocycles. The topological polar surface area (TPSA) is 85.0 Å². The molecule has 112 valence electrons. The van der Waals surface area contributed by atoms with Gasteiger partial charge in [-0.25, -0.2) is 4.79 Å². The van der Waals surface area contributed by atoms with E-state index < -0.39 is 6.03 Å². The molecular formula is C15H21N5O. The molecule has 0 radical (unpaired) electrons. The van der Waals surface area contributed by atoms with Gasteiger partial charge in [-0.05, 0) is 37.6 Å². The summed E-state index contributed by atoms with van der Waals surface area (Å²) in [7, 11) is 1.93. The molecule has 6 heteroatoms. The van der Waals surface area contributed by atoms with Crippen molar-refractivity contribution in [3.8, 4) is 0 Å². The smallest absolute Gasteiger partial charge is 0.316 e. The van der Waals surface area contributed by atoms with E-state index in [1.165, 1.54) is 0 Å². The number of hydrogen-bond donors (Lipinski definition) is 3. The second-order valence-corrected chi connectivity index (χ2v) is 5.10. The number of nitrogens with zero attached hydrogens (tertiary/aromatic N) is 2. The van der Waals surface area contributed by atoms with Crippen molar-refractivity contribution in [2.45, 2.75) is 25.9 Å². The van der Waals surface area contributed by atoms with Crippen LogP contribution in [0, 0.1) is 0 Å². The lowest BCUT2D eigenvalue weighted by atomic mass is 10.1. The summed E-state index contributed by atoms with van der Waals surface area (Å²) in [5.74, 6) is 0. The van der Waals surface area contributed by atoms with Crippen LogP contribution in [0.5, 0.6) is 0 Å². The van der Waals surface area contributed by atoms with Crippen molar-refractivity contribution in [2.24, 2.45) is 12.8 Å². The van der Waals surface area contributed by atoms with Crippen molar-refractivity contribution in [1.82, 2.24) is 15.1 Å². The van der Waals surface area contributed by atoms with Gasteiger partial charge in [-0.2, -0.15) is 5.10 Å². The molecule has 0 fully saturated rings. The van der Waals surface area contributed by atoms with Crippen molar-refractivity contribution in [1.29, 1.82) is 0 Å². The first-order chi connectivity index (χ1) is 9.97. The van der Waals surface area contributed by atoms with Crippen LogP contribution in [0.15, 0.2) is 36.5 Å². The van der Waals surface area contributed by atoms with Crippen LogP contribution in [0.25, 0.3) is 0 Å². The van der Waals surface area contributed by atoms with Crippen LogP contribution in [0.2, 0.25) is 0 Å². The Morgan fingerprint density at radius 2 is 1.86 bits per heavy atom. The SMILES string of the molecule is CC(NC(C)c1ccnn1C)c1ccc(NC(N)=O)cc1. The van der Waals surface area contributed by atoms with Crippen LogP contribution in [0.3, 0.4) is 0 Å². The predicted octanol–water partition coefficient (Wildman–Crippen LogP) is 2.32. The highest BCUT2D eigenvalue weighted by molar-refractivity contribution is 5.87. The first-order valence-electron chi connectivity index (χ1n) is 6.87. The molecule has 6 nitrogen and oxygen atoms in total. The van der Waals surface area contributed by atoms with Crippen LogP contribution in [-0.2, 0) is 7.05 Å². The minimum Gasteiger partial charge on any atom is -0.351 e. The molecule has 4 N–H and O–H groups in total. The third-order valence-corrected chi connectivity index (χ3v) is 3.48. The Hall–Kier alpha value is -2.34. The number of urea groups is 1. The molecule has 21 heavy (non-hydrogen) atoms. The summed E-state index contributed by atoms with van der Waals surface area (Å²) >= 11 is 0. The molecule has 2 atom stereocenters. The van der Waals surface area contributed by atoms with Gasteiger partial charge in [0.2, 0.25) is 0 Å². The number of nitrogens with one attached hydrogen (secondary N) is 2. The van der Waals surface area contributed by atoms with Crippen LogP contribution in [-0.4, -0.2) is 15.8 Å². The van der Waals surface area contributed by atoms with Gasteiger partial charge in [0.05, 0.1) is 5.69 Å². The van der Waals surface area contributed by atoms with Gasteiger partial charge in [-0.15, -0.1) is 0 Å². The minimum atomic E-state index is -0.557. The van der Waals surface area contributed by atoms with Crippen molar-refractivity contribution in [3.05, 3.63) is 47.8 Å². The summed E-state index contributed by atoms with van der Waals surface area (Å²) in [6.45, 7) is 4.21. The molecule has 0 aliphatic heterocycles. The van der Waals surface area contributed by atoms with E-state index in [2.05, 4.69) is 29.6 Å². The van der Waals surface area contributed by atoms with Gasteiger partial charge in [0, 0.05) is 31.0 Å². The fourth-order valence-electron chi connectivity index (χ4n) is 2.36. The Morgan fingerprint density at radius 1 is 1.19 bits per heavy atom. The lowest BCUT2D eigenvalue weighted by Crippen LogP contribution is -2.24. The lowest BCUT2D eigenvalue weighted by Gasteiger charge is -2.21. The van der Waals surface area contributed by atoms with E-state index in [0.717, 1.165) is 11.3 Å². The number of amides is 2. The van der Waals surface area contributed by atoms with Crippen LogP contribution in [0.4, 0.5) is 10.5 Å². The molecule has 0 bridgehead atoms. The molecule has 1 aromatic carbocycles. The lowest BCUT2D eigenvalue weighted by molar-refractivity contribution is 0.259. The predicted molar refractivity (Wildman–Crippen MR) is 82.8 cm³/mol. The molecule has 0 saturated heterocycles. The Bertz CT molecular complexity index is 605. The van der Waals surface area contributed by atoms with Gasteiger partial charge >= 0.3 is 6.03 Å². The number of hydrogen-bond acceptors (Lipinski definition) is 3. The van der Waals surface area contributed by atoms with Crippen molar-refractivity contribution in [3.63, 3.8) is 0 Å². The Kier molecular flexibility index (Phi) is 4.59. The second-order valence-electron chi connectivity index (χ2n) is 5.10. The number of nitrogens with two attached hydrogens (primary N) is 1. The second kappa shape index (κ2) is 6.41. The molecule has 2 amide bonds. The average Bonchev–Trinajstić information content (AvgIpc) is 2.85. The van der Waals surface area contributed by atoms with Crippen molar-refractivity contribution in [2.75, 3.05) is 5.32 Å². The molecular weight excluding hydrogens is 266 g/mol. The molecule has 0 saturated carbocycles. The van der Waals surface area contributed by atoms with Crippen LogP contribution in [0.1, 0.15) is 37.2 Å². The summed E-state index contributed by atoms with van der Waals surface area (Å²) in [5, 5.41) is 10.3. The highest BCUT2D eigenvalue weighted by atomic mass is 16.2. The first kappa shape index (κ1) is 15.1. The zero-order valence-corrected chi connectivity index (χ0v) is 12.5. The fraction of sp³-hybridized carbons (Fsp3) is 0.333. The summed E-state index contributed by atoms with van der Waals surface area (Å²) in [6.07, 6.45) is 1.79. The largest absolute Gasteiger partial charge is 0.351 e. The van der Waals surface area contributed by atoms with Gasteiger partial charge in [-0.1, -0.05) is 12.1 Å². The molecule has 0 aliphatic rings. The quantitative estimate of drug-likeness (QED) is 0.789. The third kappa shape index (κ3) is 3.82. The molecule has 2 aromatic rings. The standard InChI is InChI=1S/C15H21N5O/c1-10(18-11(2)14-8-9-17-20(14)3)12-4-6-13(7-5-12)19-15(16)21/h4-11,18H,1-3H3,(H3,16,19,21). The number of aryl methyl sites for hydroxylation is 1. The maximum Gasteiger partial charge on any atom is 0.316 e. The number of anilines is 1. The average molecular weight is 287 g/mol. The van der Waals surface area contributed by atoms with Crippen LogP contribution < -0.4 is 16.4 Å². The van der Waals surface area contributed by atoms with Gasteiger partial charge in [-0.3, -0.25) is 4.68 Å². The number of rotatable bonds is 5. The van der Waals surface area contributed by atoms with E-state index in [1.807, 2.05) is 42.1 Å². The van der Waals surface area contributed by atoms with E-state index in [0.29, 0.717) is 5.69 Å². The summed E-state index contributed by atoms with van der Waals surface area (Å²) in [6, 6.07) is 9.44. The van der Waals surface area contributed by atoms with Gasteiger partial charge in [0.15, 0.2) is 0 Å². The molecule has 0 spiro atoms. The molecule has 2 unspecified atom stereocenters. The monoisotopic (exact) mass is 287 g/mol. The van der Waals surface area contributed by atoms with E-state index in [4.69, 9.17) is 5.73 Å². The number of carbonyl (C=O) groups excluding carboxylic acids is 1. The third-order valence-electron chi connectivity index (χ3n) is 3.48. The Balaban J connectivity index is 2.01.